The Balaban J connectivity index is 1.77. The molecule has 2 nitrogen and oxygen atoms in total. The van der Waals surface area contributed by atoms with Gasteiger partial charge in [-0.1, -0.05) is 24.6 Å². The second-order valence-electron chi connectivity index (χ2n) is 4.99. The maximum Gasteiger partial charge on any atom is 0.122 e. The Kier molecular flexibility index (Phi) is 4.43. The molecule has 1 aromatic carbocycles. The van der Waals surface area contributed by atoms with Gasteiger partial charge in [0, 0.05) is 12.6 Å². The van der Waals surface area contributed by atoms with Crippen LogP contribution in [-0.2, 0) is 0 Å². The van der Waals surface area contributed by atoms with Crippen LogP contribution in [-0.4, -0.2) is 30.6 Å². The molecule has 0 N–H and O–H groups in total. The molecule has 1 unspecified atom stereocenters. The largest absolute Gasteiger partial charge is 0.492 e. The molecular weight excluding hydrogens is 210 g/mol. The van der Waals surface area contributed by atoms with Gasteiger partial charge in [0.2, 0.25) is 0 Å². The molecule has 0 spiro atoms. The number of aryl methyl sites for hydroxylation is 1. The minimum Gasteiger partial charge on any atom is -0.492 e. The van der Waals surface area contributed by atoms with E-state index in [2.05, 4.69) is 36.9 Å². The average Bonchev–Trinajstić information content (AvgIpc) is 2.34. The van der Waals surface area contributed by atoms with Gasteiger partial charge in [-0.05, 0) is 44.9 Å². The molecule has 94 valence electrons. The summed E-state index contributed by atoms with van der Waals surface area (Å²) in [5.41, 5.74) is 1.22. The molecule has 1 atom stereocenters. The zero-order chi connectivity index (χ0) is 12.1. The predicted octanol–water partition coefficient (Wildman–Crippen LogP) is 3.25. The van der Waals surface area contributed by atoms with Crippen molar-refractivity contribution in [1.29, 1.82) is 0 Å². The Morgan fingerprint density at radius 3 is 2.88 bits per heavy atom. The van der Waals surface area contributed by atoms with Crippen LogP contribution in [0.2, 0.25) is 0 Å². The lowest BCUT2D eigenvalue weighted by Gasteiger charge is -2.33. The van der Waals surface area contributed by atoms with E-state index in [-0.39, 0.29) is 0 Å². The maximum atomic E-state index is 5.85. The van der Waals surface area contributed by atoms with E-state index in [1.807, 2.05) is 6.07 Å². The maximum absolute atomic E-state index is 5.85. The van der Waals surface area contributed by atoms with Gasteiger partial charge in [-0.3, -0.25) is 4.90 Å². The summed E-state index contributed by atoms with van der Waals surface area (Å²) in [5, 5.41) is 0. The van der Waals surface area contributed by atoms with E-state index in [4.69, 9.17) is 4.74 Å². The lowest BCUT2D eigenvalue weighted by Crippen LogP contribution is -2.39. The monoisotopic (exact) mass is 233 g/mol. The summed E-state index contributed by atoms with van der Waals surface area (Å²) in [6.45, 7) is 7.51. The molecule has 0 aromatic heterocycles. The summed E-state index contributed by atoms with van der Waals surface area (Å²) in [7, 11) is 0. The summed E-state index contributed by atoms with van der Waals surface area (Å²) in [4.78, 5) is 2.54. The van der Waals surface area contributed by atoms with Crippen molar-refractivity contribution in [2.24, 2.45) is 0 Å². The highest BCUT2D eigenvalue weighted by Gasteiger charge is 2.17. The van der Waals surface area contributed by atoms with E-state index >= 15 is 0 Å². The molecule has 17 heavy (non-hydrogen) atoms. The molecule has 1 heterocycles. The molecule has 1 aromatic rings. The fraction of sp³-hybridized carbons (Fsp3) is 0.600. The van der Waals surface area contributed by atoms with Crippen LogP contribution in [0.1, 0.15) is 31.7 Å². The molecule has 0 bridgehead atoms. The molecule has 2 rings (SSSR count). The van der Waals surface area contributed by atoms with Crippen LogP contribution in [0, 0.1) is 6.92 Å². The first-order chi connectivity index (χ1) is 8.27. The summed E-state index contributed by atoms with van der Waals surface area (Å²) in [6.07, 6.45) is 4.06. The molecular formula is C15H23NO. The number of benzene rings is 1. The Hall–Kier alpha value is -1.02. The van der Waals surface area contributed by atoms with Gasteiger partial charge in [0.1, 0.15) is 12.4 Å². The Morgan fingerprint density at radius 2 is 2.12 bits per heavy atom. The standard InChI is InChI=1S/C15H23NO/c1-13-7-3-4-9-15(13)17-12-11-16-10-6-5-8-14(16)2/h3-4,7,9,14H,5-6,8,10-12H2,1-2H3. The van der Waals surface area contributed by atoms with Crippen molar-refractivity contribution in [3.05, 3.63) is 29.8 Å². The number of nitrogens with zero attached hydrogens (tertiary/aromatic N) is 1. The van der Waals surface area contributed by atoms with Crippen molar-refractivity contribution in [3.8, 4) is 5.75 Å². The molecule has 1 saturated heterocycles. The molecule has 1 aliphatic heterocycles. The number of likely N-dealkylation sites (tertiary alicyclic amines) is 1. The number of piperidine rings is 1. The van der Waals surface area contributed by atoms with Gasteiger partial charge in [-0.15, -0.1) is 0 Å². The fourth-order valence-electron chi connectivity index (χ4n) is 2.48. The molecule has 1 aliphatic rings. The summed E-state index contributed by atoms with van der Waals surface area (Å²) in [5.74, 6) is 1.03. The quantitative estimate of drug-likeness (QED) is 0.791. The minimum atomic E-state index is 0.726. The van der Waals surface area contributed by atoms with Crippen LogP contribution >= 0.6 is 0 Å². The van der Waals surface area contributed by atoms with E-state index in [0.29, 0.717) is 0 Å². The first-order valence-corrected chi connectivity index (χ1v) is 6.70. The average molecular weight is 233 g/mol. The molecule has 0 aliphatic carbocycles. The van der Waals surface area contributed by atoms with Crippen molar-refractivity contribution in [2.45, 2.75) is 39.2 Å². The highest BCUT2D eigenvalue weighted by Crippen LogP contribution is 2.18. The van der Waals surface area contributed by atoms with Crippen LogP contribution in [0.5, 0.6) is 5.75 Å². The molecule has 2 heteroatoms. The van der Waals surface area contributed by atoms with Gasteiger partial charge in [0.25, 0.3) is 0 Å². The Labute approximate surface area is 105 Å². The van der Waals surface area contributed by atoms with Crippen molar-refractivity contribution in [3.63, 3.8) is 0 Å². The first kappa shape index (κ1) is 12.4. The predicted molar refractivity (Wildman–Crippen MR) is 71.6 cm³/mol. The lowest BCUT2D eigenvalue weighted by atomic mass is 10.0. The molecule has 0 radical (unpaired) electrons. The zero-order valence-corrected chi connectivity index (χ0v) is 11.0. The van der Waals surface area contributed by atoms with Gasteiger partial charge in [-0.2, -0.15) is 0 Å². The summed E-state index contributed by atoms with van der Waals surface area (Å²) >= 11 is 0. The normalized spacial score (nSPS) is 21.4. The highest BCUT2D eigenvalue weighted by atomic mass is 16.5. The van der Waals surface area contributed by atoms with Gasteiger partial charge in [0.05, 0.1) is 0 Å². The minimum absolute atomic E-state index is 0.726. The van der Waals surface area contributed by atoms with Crippen LogP contribution in [0.4, 0.5) is 0 Å². The van der Waals surface area contributed by atoms with Crippen molar-refractivity contribution >= 4 is 0 Å². The fourth-order valence-corrected chi connectivity index (χ4v) is 2.48. The number of para-hydroxylation sites is 1. The second-order valence-corrected chi connectivity index (χ2v) is 4.99. The van der Waals surface area contributed by atoms with E-state index in [0.717, 1.165) is 24.9 Å². The van der Waals surface area contributed by atoms with Gasteiger partial charge >= 0.3 is 0 Å². The topological polar surface area (TPSA) is 12.5 Å². The lowest BCUT2D eigenvalue weighted by molar-refractivity contribution is 0.133. The smallest absolute Gasteiger partial charge is 0.122 e. The first-order valence-electron chi connectivity index (χ1n) is 6.70. The third-order valence-corrected chi connectivity index (χ3v) is 3.67. The van der Waals surface area contributed by atoms with Crippen LogP contribution < -0.4 is 4.74 Å². The summed E-state index contributed by atoms with van der Waals surface area (Å²) < 4.78 is 5.85. The van der Waals surface area contributed by atoms with E-state index in [1.165, 1.54) is 31.4 Å². The Morgan fingerprint density at radius 1 is 1.29 bits per heavy atom. The number of ether oxygens (including phenoxy) is 1. The van der Waals surface area contributed by atoms with Crippen molar-refractivity contribution in [1.82, 2.24) is 4.90 Å². The number of rotatable bonds is 4. The van der Waals surface area contributed by atoms with Crippen molar-refractivity contribution < 1.29 is 4.74 Å². The SMILES string of the molecule is Cc1ccccc1OCCN1CCCCC1C. The van der Waals surface area contributed by atoms with Gasteiger partial charge in [-0.25, -0.2) is 0 Å². The van der Waals surface area contributed by atoms with E-state index in [1.54, 1.807) is 0 Å². The Bertz CT molecular complexity index is 351. The van der Waals surface area contributed by atoms with Gasteiger partial charge < -0.3 is 4.74 Å². The third kappa shape index (κ3) is 3.47. The molecule has 1 fully saturated rings. The number of hydrogen-bond acceptors (Lipinski definition) is 2. The second kappa shape index (κ2) is 6.06. The van der Waals surface area contributed by atoms with Crippen molar-refractivity contribution in [2.75, 3.05) is 19.7 Å². The van der Waals surface area contributed by atoms with Gasteiger partial charge in [0.15, 0.2) is 0 Å². The van der Waals surface area contributed by atoms with E-state index < -0.39 is 0 Å². The third-order valence-electron chi connectivity index (χ3n) is 3.67. The molecule has 0 amide bonds. The van der Waals surface area contributed by atoms with Crippen LogP contribution in [0.25, 0.3) is 0 Å². The number of hydrogen-bond donors (Lipinski definition) is 0. The zero-order valence-electron chi connectivity index (χ0n) is 11.0. The van der Waals surface area contributed by atoms with E-state index in [9.17, 15) is 0 Å². The van der Waals surface area contributed by atoms with Crippen LogP contribution in [0.15, 0.2) is 24.3 Å². The van der Waals surface area contributed by atoms with Crippen LogP contribution in [0.3, 0.4) is 0 Å². The molecule has 0 saturated carbocycles. The summed E-state index contributed by atoms with van der Waals surface area (Å²) in [6, 6.07) is 8.96. The highest BCUT2D eigenvalue weighted by molar-refractivity contribution is 5.31.